The Bertz CT molecular complexity index is 475. The van der Waals surface area contributed by atoms with Crippen LogP contribution in [0.15, 0.2) is 12.1 Å². The van der Waals surface area contributed by atoms with Gasteiger partial charge in [-0.15, -0.1) is 0 Å². The van der Waals surface area contributed by atoms with Crippen molar-refractivity contribution >= 4 is 11.8 Å². The lowest BCUT2D eigenvalue weighted by atomic mass is 10.1. The number of rotatable bonds is 2. The summed E-state index contributed by atoms with van der Waals surface area (Å²) in [6, 6.07) is 3.50. The van der Waals surface area contributed by atoms with E-state index in [0.29, 0.717) is 17.7 Å². The summed E-state index contributed by atoms with van der Waals surface area (Å²) < 4.78 is 13.5. The first kappa shape index (κ1) is 12.7. The van der Waals surface area contributed by atoms with E-state index in [1.165, 1.54) is 0 Å². The van der Waals surface area contributed by atoms with E-state index in [1.807, 2.05) is 0 Å². The standard InChI is InChI=1S/C13H15FN2O2/c1-8-3-10(4-9(2)13(8)14)5-16-6-11(17)15-12(18)7-16/h3-4H,5-7H2,1-2H3,(H,15,17,18). The lowest BCUT2D eigenvalue weighted by Crippen LogP contribution is -2.50. The van der Waals surface area contributed by atoms with Gasteiger partial charge >= 0.3 is 0 Å². The number of nitrogens with zero attached hydrogens (tertiary/aromatic N) is 1. The molecule has 1 aromatic carbocycles. The molecule has 4 nitrogen and oxygen atoms in total. The molecule has 0 bridgehead atoms. The van der Waals surface area contributed by atoms with Crippen LogP contribution in [0.2, 0.25) is 0 Å². The normalized spacial score (nSPS) is 16.8. The van der Waals surface area contributed by atoms with Crippen LogP contribution in [0.1, 0.15) is 16.7 Å². The maximum absolute atomic E-state index is 13.5. The van der Waals surface area contributed by atoms with Crippen LogP contribution in [0, 0.1) is 19.7 Å². The topological polar surface area (TPSA) is 49.4 Å². The third-order valence-electron chi connectivity index (χ3n) is 2.92. The van der Waals surface area contributed by atoms with E-state index in [0.717, 1.165) is 5.56 Å². The highest BCUT2D eigenvalue weighted by Gasteiger charge is 2.22. The molecule has 1 aliphatic heterocycles. The Morgan fingerprint density at radius 1 is 1.17 bits per heavy atom. The summed E-state index contributed by atoms with van der Waals surface area (Å²) in [6.07, 6.45) is 0. The molecule has 1 fully saturated rings. The van der Waals surface area contributed by atoms with Crippen LogP contribution >= 0.6 is 0 Å². The number of carbonyl (C=O) groups excluding carboxylic acids is 2. The zero-order valence-corrected chi connectivity index (χ0v) is 10.4. The number of halogens is 1. The van der Waals surface area contributed by atoms with Crippen LogP contribution in [0.5, 0.6) is 0 Å². The molecule has 1 saturated heterocycles. The summed E-state index contributed by atoms with van der Waals surface area (Å²) >= 11 is 0. The lowest BCUT2D eigenvalue weighted by molar-refractivity contribution is -0.136. The molecule has 1 aromatic rings. The SMILES string of the molecule is Cc1cc(CN2CC(=O)NC(=O)C2)cc(C)c1F. The second-order valence-electron chi connectivity index (χ2n) is 4.66. The number of hydrogen-bond donors (Lipinski definition) is 1. The lowest BCUT2D eigenvalue weighted by Gasteiger charge is -2.25. The number of imide groups is 1. The minimum absolute atomic E-state index is 0.196. The van der Waals surface area contributed by atoms with Crippen molar-refractivity contribution in [3.63, 3.8) is 0 Å². The molecule has 0 radical (unpaired) electrons. The third-order valence-corrected chi connectivity index (χ3v) is 2.92. The Morgan fingerprint density at radius 2 is 1.67 bits per heavy atom. The predicted octanol–water partition coefficient (Wildman–Crippen LogP) is 0.901. The van der Waals surface area contributed by atoms with Crippen LogP contribution in [0.3, 0.4) is 0 Å². The summed E-state index contributed by atoms with van der Waals surface area (Å²) in [5, 5.41) is 2.25. The fraction of sp³-hybridized carbons (Fsp3) is 0.385. The Hall–Kier alpha value is -1.75. The van der Waals surface area contributed by atoms with Crippen LogP contribution in [0.25, 0.3) is 0 Å². The molecule has 2 rings (SSSR count). The van der Waals surface area contributed by atoms with Gasteiger partial charge in [0, 0.05) is 6.54 Å². The fourth-order valence-corrected chi connectivity index (χ4v) is 2.19. The van der Waals surface area contributed by atoms with Crippen molar-refractivity contribution < 1.29 is 14.0 Å². The molecule has 0 atom stereocenters. The average molecular weight is 250 g/mol. The average Bonchev–Trinajstić information content (AvgIpc) is 2.24. The number of aryl methyl sites for hydroxylation is 2. The molecular weight excluding hydrogens is 235 g/mol. The second-order valence-corrected chi connectivity index (χ2v) is 4.66. The van der Waals surface area contributed by atoms with Crippen molar-refractivity contribution in [2.24, 2.45) is 0 Å². The van der Waals surface area contributed by atoms with Crippen LogP contribution < -0.4 is 5.32 Å². The minimum Gasteiger partial charge on any atom is -0.294 e. The van der Waals surface area contributed by atoms with Crippen molar-refractivity contribution in [3.05, 3.63) is 34.6 Å². The van der Waals surface area contributed by atoms with Crippen molar-refractivity contribution in [2.45, 2.75) is 20.4 Å². The number of piperazine rings is 1. The van der Waals surface area contributed by atoms with Crippen molar-refractivity contribution in [1.29, 1.82) is 0 Å². The Balaban J connectivity index is 2.14. The van der Waals surface area contributed by atoms with Crippen LogP contribution in [-0.2, 0) is 16.1 Å². The molecule has 0 aliphatic carbocycles. The largest absolute Gasteiger partial charge is 0.294 e. The molecular formula is C13H15FN2O2. The maximum atomic E-state index is 13.5. The van der Waals surface area contributed by atoms with Crippen LogP contribution in [-0.4, -0.2) is 29.8 Å². The van der Waals surface area contributed by atoms with E-state index >= 15 is 0 Å². The summed E-state index contributed by atoms with van der Waals surface area (Å²) in [7, 11) is 0. The van der Waals surface area contributed by atoms with Gasteiger partial charge in [0.15, 0.2) is 0 Å². The van der Waals surface area contributed by atoms with Crippen molar-refractivity contribution in [2.75, 3.05) is 13.1 Å². The van der Waals surface area contributed by atoms with E-state index in [4.69, 9.17) is 0 Å². The number of carbonyl (C=O) groups is 2. The molecule has 1 N–H and O–H groups in total. The molecule has 0 spiro atoms. The van der Waals surface area contributed by atoms with E-state index in [2.05, 4.69) is 5.32 Å². The van der Waals surface area contributed by atoms with Gasteiger partial charge in [-0.05, 0) is 30.5 Å². The maximum Gasteiger partial charge on any atom is 0.240 e. The molecule has 0 unspecified atom stereocenters. The predicted molar refractivity (Wildman–Crippen MR) is 64.3 cm³/mol. The van der Waals surface area contributed by atoms with Gasteiger partial charge in [-0.1, -0.05) is 12.1 Å². The van der Waals surface area contributed by atoms with Gasteiger partial charge in [-0.2, -0.15) is 0 Å². The number of hydrogen-bond acceptors (Lipinski definition) is 3. The quantitative estimate of drug-likeness (QED) is 0.793. The summed E-state index contributed by atoms with van der Waals surface area (Å²) in [5.74, 6) is -0.783. The van der Waals surface area contributed by atoms with Crippen LogP contribution in [0.4, 0.5) is 4.39 Å². The van der Waals surface area contributed by atoms with Gasteiger partial charge in [-0.25, -0.2) is 4.39 Å². The van der Waals surface area contributed by atoms with Gasteiger partial charge in [0.2, 0.25) is 11.8 Å². The minimum atomic E-state index is -0.290. The number of benzene rings is 1. The molecule has 5 heteroatoms. The highest BCUT2D eigenvalue weighted by atomic mass is 19.1. The molecule has 0 aromatic heterocycles. The third kappa shape index (κ3) is 2.73. The van der Waals surface area contributed by atoms with Gasteiger partial charge in [0.1, 0.15) is 5.82 Å². The fourth-order valence-electron chi connectivity index (χ4n) is 2.19. The Labute approximate surface area is 105 Å². The van der Waals surface area contributed by atoms with Gasteiger partial charge in [0.25, 0.3) is 0 Å². The summed E-state index contributed by atoms with van der Waals surface area (Å²) in [4.78, 5) is 24.2. The van der Waals surface area contributed by atoms with E-state index in [1.54, 1.807) is 30.9 Å². The van der Waals surface area contributed by atoms with Crippen molar-refractivity contribution in [3.8, 4) is 0 Å². The first-order chi connectivity index (χ1) is 8.45. The number of nitrogens with one attached hydrogen (secondary N) is 1. The van der Waals surface area contributed by atoms with Gasteiger partial charge in [0.05, 0.1) is 13.1 Å². The Kier molecular flexibility index (Phi) is 3.43. The zero-order chi connectivity index (χ0) is 13.3. The zero-order valence-electron chi connectivity index (χ0n) is 10.4. The molecule has 2 amide bonds. The second kappa shape index (κ2) is 4.86. The highest BCUT2D eigenvalue weighted by molar-refractivity contribution is 5.99. The molecule has 96 valence electrons. The van der Waals surface area contributed by atoms with E-state index < -0.39 is 0 Å². The first-order valence-corrected chi connectivity index (χ1v) is 5.76. The molecule has 0 saturated carbocycles. The van der Waals surface area contributed by atoms with E-state index in [9.17, 15) is 14.0 Å². The summed E-state index contributed by atoms with van der Waals surface area (Å²) in [6.45, 7) is 4.28. The molecule has 1 heterocycles. The monoisotopic (exact) mass is 250 g/mol. The summed E-state index contributed by atoms with van der Waals surface area (Å²) in [5.41, 5.74) is 2.07. The van der Waals surface area contributed by atoms with Gasteiger partial charge < -0.3 is 0 Å². The highest BCUT2D eigenvalue weighted by Crippen LogP contribution is 2.16. The molecule has 18 heavy (non-hydrogen) atoms. The Morgan fingerprint density at radius 3 is 2.17 bits per heavy atom. The smallest absolute Gasteiger partial charge is 0.240 e. The number of amides is 2. The molecule has 1 aliphatic rings. The van der Waals surface area contributed by atoms with Crippen molar-refractivity contribution in [1.82, 2.24) is 10.2 Å². The first-order valence-electron chi connectivity index (χ1n) is 5.76. The van der Waals surface area contributed by atoms with Gasteiger partial charge in [-0.3, -0.25) is 19.8 Å². The van der Waals surface area contributed by atoms with E-state index in [-0.39, 0.29) is 30.7 Å².